The molecule has 0 saturated heterocycles. The van der Waals surface area contributed by atoms with E-state index in [1.165, 1.54) is 5.56 Å². The molecule has 0 amide bonds. The molecule has 0 fully saturated rings. The highest BCUT2D eigenvalue weighted by Gasteiger charge is 2.07. The molecule has 28 heavy (non-hydrogen) atoms. The van der Waals surface area contributed by atoms with E-state index in [1.807, 2.05) is 18.2 Å². The van der Waals surface area contributed by atoms with Crippen molar-refractivity contribution >= 4 is 52.6 Å². The Bertz CT molecular complexity index is 874. The van der Waals surface area contributed by atoms with Crippen molar-refractivity contribution in [3.8, 4) is 10.6 Å². The molecule has 2 aromatic heterocycles. The van der Waals surface area contributed by atoms with Crippen molar-refractivity contribution in [1.82, 2.24) is 20.6 Å². The topological polar surface area (TPSA) is 62.2 Å². The van der Waals surface area contributed by atoms with E-state index in [4.69, 9.17) is 4.98 Å². The first-order chi connectivity index (χ1) is 13.2. The second kappa shape index (κ2) is 11.5. The maximum Gasteiger partial charge on any atom is 0.191 e. The van der Waals surface area contributed by atoms with Gasteiger partial charge in [0.15, 0.2) is 5.96 Å². The van der Waals surface area contributed by atoms with Crippen LogP contribution in [0.3, 0.4) is 0 Å². The first kappa shape index (κ1) is 22.8. The summed E-state index contributed by atoms with van der Waals surface area (Å²) in [6.07, 6.45) is 0.860. The first-order valence-electron chi connectivity index (χ1n) is 9.04. The minimum Gasteiger partial charge on any atom is -0.356 e. The van der Waals surface area contributed by atoms with Crippen LogP contribution in [0.15, 0.2) is 46.1 Å². The number of rotatable bonds is 7. The molecule has 2 heterocycles. The predicted octanol–water partition coefficient (Wildman–Crippen LogP) is 4.92. The van der Waals surface area contributed by atoms with E-state index < -0.39 is 0 Å². The summed E-state index contributed by atoms with van der Waals surface area (Å²) >= 11 is 3.37. The second-order valence-corrected chi connectivity index (χ2v) is 8.23. The van der Waals surface area contributed by atoms with Gasteiger partial charge < -0.3 is 10.6 Å². The maximum atomic E-state index is 4.73. The molecule has 0 atom stereocenters. The number of nitrogens with one attached hydrogen (secondary N) is 2. The van der Waals surface area contributed by atoms with Crippen LogP contribution in [0.1, 0.15) is 36.2 Å². The third kappa shape index (κ3) is 6.52. The van der Waals surface area contributed by atoms with Crippen molar-refractivity contribution in [3.05, 3.63) is 57.5 Å². The molecule has 0 aliphatic heterocycles. The van der Waals surface area contributed by atoms with E-state index in [9.17, 15) is 0 Å². The van der Waals surface area contributed by atoms with Crippen molar-refractivity contribution in [2.75, 3.05) is 13.6 Å². The molecule has 0 saturated carbocycles. The van der Waals surface area contributed by atoms with Gasteiger partial charge in [-0.3, -0.25) is 4.99 Å². The van der Waals surface area contributed by atoms with Crippen LogP contribution >= 0.6 is 46.7 Å². The molecule has 0 radical (unpaired) electrons. The predicted molar refractivity (Wildman–Crippen MR) is 131 cm³/mol. The number of aliphatic imine (C=N–C) groups is 1. The van der Waals surface area contributed by atoms with Crippen LogP contribution in [-0.2, 0) is 13.0 Å². The number of aromatic nitrogens is 2. The number of hydrogen-bond donors (Lipinski definition) is 2. The summed E-state index contributed by atoms with van der Waals surface area (Å²) in [5.74, 6) is 1.25. The molecule has 5 nitrogen and oxygen atoms in total. The summed E-state index contributed by atoms with van der Waals surface area (Å²) in [4.78, 5) is 13.6. The molecule has 0 aliphatic carbocycles. The Morgan fingerprint density at radius 3 is 2.54 bits per heavy atom. The summed E-state index contributed by atoms with van der Waals surface area (Å²) in [6, 6.07) is 10.3. The Morgan fingerprint density at radius 2 is 1.86 bits per heavy atom. The lowest BCUT2D eigenvalue weighted by atomic mass is 10.2. The molecule has 3 aromatic rings. The van der Waals surface area contributed by atoms with Crippen molar-refractivity contribution in [1.29, 1.82) is 0 Å². The van der Waals surface area contributed by atoms with E-state index in [2.05, 4.69) is 57.4 Å². The minimum atomic E-state index is 0. The van der Waals surface area contributed by atoms with Gasteiger partial charge in [0.1, 0.15) is 10.0 Å². The van der Waals surface area contributed by atoms with Crippen LogP contribution in [0, 0.1) is 0 Å². The lowest BCUT2D eigenvalue weighted by Crippen LogP contribution is -2.37. The average molecular weight is 528 g/mol. The van der Waals surface area contributed by atoms with Crippen molar-refractivity contribution < 1.29 is 0 Å². The molecule has 0 spiro atoms. The quantitative estimate of drug-likeness (QED) is 0.260. The van der Waals surface area contributed by atoms with Gasteiger partial charge in [-0.15, -0.1) is 46.7 Å². The molecule has 0 aliphatic rings. The van der Waals surface area contributed by atoms with Crippen molar-refractivity contribution in [2.24, 2.45) is 4.99 Å². The third-order valence-corrected chi connectivity index (χ3v) is 5.84. The van der Waals surface area contributed by atoms with Crippen LogP contribution in [0.4, 0.5) is 0 Å². The number of guanidine groups is 1. The summed E-state index contributed by atoms with van der Waals surface area (Å²) < 4.78 is 0. The van der Waals surface area contributed by atoms with E-state index in [1.54, 1.807) is 29.7 Å². The van der Waals surface area contributed by atoms with Crippen LogP contribution in [-0.4, -0.2) is 29.5 Å². The summed E-state index contributed by atoms with van der Waals surface area (Å²) in [6.45, 7) is 5.79. The number of hydrogen-bond acceptors (Lipinski definition) is 5. The average Bonchev–Trinajstić information content (AvgIpc) is 3.35. The smallest absolute Gasteiger partial charge is 0.191 e. The zero-order valence-corrected chi connectivity index (χ0v) is 20.3. The van der Waals surface area contributed by atoms with Gasteiger partial charge in [0.2, 0.25) is 0 Å². The van der Waals surface area contributed by atoms with Crippen LogP contribution in [0.25, 0.3) is 10.6 Å². The summed E-state index contributed by atoms with van der Waals surface area (Å²) in [5.41, 5.74) is 3.42. The minimum absolute atomic E-state index is 0. The van der Waals surface area contributed by atoms with E-state index in [0.717, 1.165) is 40.3 Å². The fraction of sp³-hybridized carbons (Fsp3) is 0.350. The van der Waals surface area contributed by atoms with Gasteiger partial charge in [-0.1, -0.05) is 44.2 Å². The van der Waals surface area contributed by atoms with Gasteiger partial charge in [0, 0.05) is 36.3 Å². The molecule has 150 valence electrons. The Labute approximate surface area is 191 Å². The highest BCUT2D eigenvalue weighted by molar-refractivity contribution is 14.0. The Hall–Kier alpha value is -1.52. The van der Waals surface area contributed by atoms with E-state index in [-0.39, 0.29) is 24.0 Å². The fourth-order valence-corrected chi connectivity index (χ4v) is 4.25. The lowest BCUT2D eigenvalue weighted by molar-refractivity contribution is 0.774. The molecular formula is C20H26IN5S2. The van der Waals surface area contributed by atoms with E-state index >= 15 is 0 Å². The zero-order valence-electron chi connectivity index (χ0n) is 16.3. The molecule has 1 aromatic carbocycles. The van der Waals surface area contributed by atoms with Crippen LogP contribution < -0.4 is 10.6 Å². The van der Waals surface area contributed by atoms with Gasteiger partial charge in [0.05, 0.1) is 17.9 Å². The first-order valence-corrected chi connectivity index (χ1v) is 10.8. The summed E-state index contributed by atoms with van der Waals surface area (Å²) in [7, 11) is 1.78. The number of nitrogens with zero attached hydrogens (tertiary/aromatic N) is 3. The van der Waals surface area contributed by atoms with Gasteiger partial charge >= 0.3 is 0 Å². The highest BCUT2D eigenvalue weighted by Crippen LogP contribution is 2.23. The fourth-order valence-electron chi connectivity index (χ4n) is 2.50. The molecule has 3 rings (SSSR count). The van der Waals surface area contributed by atoms with Crippen molar-refractivity contribution in [2.45, 2.75) is 32.7 Å². The Morgan fingerprint density at radius 1 is 1.07 bits per heavy atom. The summed E-state index contributed by atoms with van der Waals surface area (Å²) in [5, 5.41) is 13.1. The monoisotopic (exact) mass is 527 g/mol. The lowest BCUT2D eigenvalue weighted by Gasteiger charge is -2.10. The largest absolute Gasteiger partial charge is 0.356 e. The maximum absolute atomic E-state index is 4.73. The number of benzene rings is 1. The standard InChI is InChI=1S/C20H25N5S2.HI/c1-14(2)17-13-26-18(25-17)11-23-20(21-3)22-10-9-16-12-27-19(24-16)15-7-5-4-6-8-15;/h4-8,12-14H,9-11H2,1-3H3,(H2,21,22,23);1H. The van der Waals surface area contributed by atoms with Gasteiger partial charge in [-0.05, 0) is 5.92 Å². The molecule has 2 N–H and O–H groups in total. The van der Waals surface area contributed by atoms with E-state index in [0.29, 0.717) is 12.5 Å². The third-order valence-electron chi connectivity index (χ3n) is 4.04. The van der Waals surface area contributed by atoms with Crippen LogP contribution in [0.2, 0.25) is 0 Å². The van der Waals surface area contributed by atoms with Crippen LogP contribution in [0.5, 0.6) is 0 Å². The van der Waals surface area contributed by atoms with Crippen molar-refractivity contribution in [3.63, 3.8) is 0 Å². The Kier molecular flexibility index (Phi) is 9.33. The SMILES string of the molecule is CN=C(NCCc1csc(-c2ccccc2)n1)NCc1nc(C(C)C)cs1.I. The highest BCUT2D eigenvalue weighted by atomic mass is 127. The molecule has 0 bridgehead atoms. The second-order valence-electron chi connectivity index (χ2n) is 6.43. The normalized spacial score (nSPS) is 11.4. The molecule has 8 heteroatoms. The molecule has 0 unspecified atom stereocenters. The van der Waals surface area contributed by atoms with Gasteiger partial charge in [-0.25, -0.2) is 9.97 Å². The zero-order chi connectivity index (χ0) is 19.1. The molecular weight excluding hydrogens is 501 g/mol. The van der Waals surface area contributed by atoms with Gasteiger partial charge in [0.25, 0.3) is 0 Å². The van der Waals surface area contributed by atoms with Gasteiger partial charge in [-0.2, -0.15) is 0 Å². The Balaban J connectivity index is 0.00000280. The number of halogens is 1. The number of thiazole rings is 2.